The van der Waals surface area contributed by atoms with Crippen molar-refractivity contribution in [1.82, 2.24) is 15.2 Å². The normalized spacial score (nSPS) is 10.2. The summed E-state index contributed by atoms with van der Waals surface area (Å²) in [6, 6.07) is 7.67. The van der Waals surface area contributed by atoms with Crippen LogP contribution in [0.1, 0.15) is 6.42 Å². The molecule has 0 radical (unpaired) electrons. The Hall–Kier alpha value is -2.01. The number of pyridine rings is 1. The van der Waals surface area contributed by atoms with E-state index in [1.807, 2.05) is 24.3 Å². The molecule has 2 heterocycles. The van der Waals surface area contributed by atoms with Crippen molar-refractivity contribution in [3.05, 3.63) is 36.7 Å². The second-order valence-electron chi connectivity index (χ2n) is 3.61. The fourth-order valence-electron chi connectivity index (χ4n) is 1.41. The predicted octanol–water partition coefficient (Wildman–Crippen LogP) is 1.30. The van der Waals surface area contributed by atoms with E-state index in [4.69, 9.17) is 5.73 Å². The maximum absolute atomic E-state index is 5.41. The molecule has 0 atom stereocenters. The van der Waals surface area contributed by atoms with Gasteiger partial charge in [-0.25, -0.2) is 0 Å². The molecule has 2 aromatic heterocycles. The minimum Gasteiger partial charge on any atom is -0.369 e. The van der Waals surface area contributed by atoms with Crippen LogP contribution in [0.25, 0.3) is 11.3 Å². The lowest BCUT2D eigenvalue weighted by atomic mass is 10.2. The fraction of sp³-hybridized carbons (Fsp3) is 0.250. The molecule has 5 nitrogen and oxygen atoms in total. The van der Waals surface area contributed by atoms with Crippen molar-refractivity contribution in [2.45, 2.75) is 6.42 Å². The standard InChI is InChI=1S/C12H15N5/c13-6-2-8-15-12-5-4-11(16-17-12)10-3-1-7-14-9-10/h1,3-5,7,9H,2,6,8,13H2,(H,15,17). The van der Waals surface area contributed by atoms with Crippen LogP contribution in [0.5, 0.6) is 0 Å². The van der Waals surface area contributed by atoms with Gasteiger partial charge in [-0.3, -0.25) is 4.98 Å². The molecule has 5 heteroatoms. The molecule has 0 aliphatic rings. The third kappa shape index (κ3) is 3.22. The Kier molecular flexibility index (Phi) is 3.99. The Labute approximate surface area is 100 Å². The Morgan fingerprint density at radius 1 is 1.18 bits per heavy atom. The molecule has 3 N–H and O–H groups in total. The van der Waals surface area contributed by atoms with E-state index in [2.05, 4.69) is 20.5 Å². The topological polar surface area (TPSA) is 76.7 Å². The summed E-state index contributed by atoms with van der Waals surface area (Å²) in [4.78, 5) is 4.05. The fourth-order valence-corrected chi connectivity index (χ4v) is 1.41. The summed E-state index contributed by atoms with van der Waals surface area (Å²) in [5, 5.41) is 11.4. The van der Waals surface area contributed by atoms with Crippen LogP contribution < -0.4 is 11.1 Å². The number of anilines is 1. The summed E-state index contributed by atoms with van der Waals surface area (Å²) in [7, 11) is 0. The van der Waals surface area contributed by atoms with Gasteiger partial charge in [-0.1, -0.05) is 0 Å². The Balaban J connectivity index is 2.03. The molecule has 17 heavy (non-hydrogen) atoms. The van der Waals surface area contributed by atoms with Crippen LogP contribution in [0.2, 0.25) is 0 Å². The third-order valence-corrected chi connectivity index (χ3v) is 2.31. The molecular formula is C12H15N5. The minimum atomic E-state index is 0.675. The van der Waals surface area contributed by atoms with Crippen molar-refractivity contribution in [3.8, 4) is 11.3 Å². The first-order valence-corrected chi connectivity index (χ1v) is 5.58. The van der Waals surface area contributed by atoms with Gasteiger partial charge in [-0.2, -0.15) is 0 Å². The van der Waals surface area contributed by atoms with Crippen LogP contribution in [-0.4, -0.2) is 28.3 Å². The van der Waals surface area contributed by atoms with Crippen LogP contribution in [0.15, 0.2) is 36.7 Å². The quantitative estimate of drug-likeness (QED) is 0.756. The van der Waals surface area contributed by atoms with Crippen LogP contribution in [-0.2, 0) is 0 Å². The van der Waals surface area contributed by atoms with E-state index in [0.29, 0.717) is 6.54 Å². The van der Waals surface area contributed by atoms with Crippen LogP contribution in [0, 0.1) is 0 Å². The summed E-state index contributed by atoms with van der Waals surface area (Å²) in [5.74, 6) is 0.770. The van der Waals surface area contributed by atoms with Gasteiger partial charge < -0.3 is 11.1 Å². The maximum atomic E-state index is 5.41. The summed E-state index contributed by atoms with van der Waals surface area (Å²) in [6.07, 6.45) is 4.43. The molecule has 0 fully saturated rings. The number of nitrogens with one attached hydrogen (secondary N) is 1. The predicted molar refractivity (Wildman–Crippen MR) is 67.4 cm³/mol. The van der Waals surface area contributed by atoms with E-state index < -0.39 is 0 Å². The lowest BCUT2D eigenvalue weighted by Crippen LogP contribution is -2.09. The number of hydrogen-bond acceptors (Lipinski definition) is 5. The van der Waals surface area contributed by atoms with Crippen molar-refractivity contribution >= 4 is 5.82 Å². The van der Waals surface area contributed by atoms with Crippen molar-refractivity contribution in [2.75, 3.05) is 18.4 Å². The summed E-state index contributed by atoms with van der Waals surface area (Å²) < 4.78 is 0. The molecule has 0 aromatic carbocycles. The zero-order valence-corrected chi connectivity index (χ0v) is 9.50. The summed E-state index contributed by atoms with van der Waals surface area (Å²) in [5.41, 5.74) is 7.20. The lowest BCUT2D eigenvalue weighted by molar-refractivity contribution is 0.864. The van der Waals surface area contributed by atoms with Crippen LogP contribution >= 0.6 is 0 Å². The molecule has 0 unspecified atom stereocenters. The van der Waals surface area contributed by atoms with Crippen LogP contribution in [0.3, 0.4) is 0 Å². The van der Waals surface area contributed by atoms with Gasteiger partial charge in [-0.05, 0) is 37.2 Å². The van der Waals surface area contributed by atoms with E-state index in [1.54, 1.807) is 12.4 Å². The van der Waals surface area contributed by atoms with Gasteiger partial charge in [0.05, 0.1) is 5.69 Å². The first-order valence-electron chi connectivity index (χ1n) is 5.58. The lowest BCUT2D eigenvalue weighted by Gasteiger charge is -2.04. The zero-order chi connectivity index (χ0) is 11.9. The minimum absolute atomic E-state index is 0.675. The summed E-state index contributed by atoms with van der Waals surface area (Å²) in [6.45, 7) is 1.49. The van der Waals surface area contributed by atoms with E-state index in [0.717, 1.165) is 30.0 Å². The highest BCUT2D eigenvalue weighted by Crippen LogP contribution is 2.14. The van der Waals surface area contributed by atoms with Gasteiger partial charge in [0.2, 0.25) is 0 Å². The Bertz CT molecular complexity index is 440. The highest BCUT2D eigenvalue weighted by atomic mass is 15.2. The van der Waals surface area contributed by atoms with E-state index in [-0.39, 0.29) is 0 Å². The second kappa shape index (κ2) is 5.91. The number of nitrogens with two attached hydrogens (primary N) is 1. The first kappa shape index (κ1) is 11.5. The maximum Gasteiger partial charge on any atom is 0.148 e. The molecule has 88 valence electrons. The van der Waals surface area contributed by atoms with Gasteiger partial charge in [0.25, 0.3) is 0 Å². The molecule has 0 aliphatic carbocycles. The van der Waals surface area contributed by atoms with Crippen molar-refractivity contribution in [3.63, 3.8) is 0 Å². The molecule has 2 rings (SSSR count). The Morgan fingerprint density at radius 2 is 2.12 bits per heavy atom. The van der Waals surface area contributed by atoms with Gasteiger partial charge in [0, 0.05) is 24.5 Å². The number of nitrogens with zero attached hydrogens (tertiary/aromatic N) is 3. The SMILES string of the molecule is NCCCNc1ccc(-c2cccnc2)nn1. The zero-order valence-electron chi connectivity index (χ0n) is 9.50. The smallest absolute Gasteiger partial charge is 0.148 e. The molecule has 0 bridgehead atoms. The largest absolute Gasteiger partial charge is 0.369 e. The van der Waals surface area contributed by atoms with Crippen molar-refractivity contribution in [2.24, 2.45) is 5.73 Å². The molecular weight excluding hydrogens is 214 g/mol. The highest BCUT2D eigenvalue weighted by molar-refractivity contribution is 5.57. The Morgan fingerprint density at radius 3 is 2.76 bits per heavy atom. The second-order valence-corrected chi connectivity index (χ2v) is 3.61. The monoisotopic (exact) mass is 229 g/mol. The molecule has 0 amide bonds. The highest BCUT2D eigenvalue weighted by Gasteiger charge is 2.00. The van der Waals surface area contributed by atoms with Crippen LogP contribution in [0.4, 0.5) is 5.82 Å². The van der Waals surface area contributed by atoms with Gasteiger partial charge in [-0.15, -0.1) is 10.2 Å². The van der Waals surface area contributed by atoms with E-state index >= 15 is 0 Å². The first-order chi connectivity index (χ1) is 8.40. The average molecular weight is 229 g/mol. The number of aromatic nitrogens is 3. The van der Waals surface area contributed by atoms with Crippen molar-refractivity contribution < 1.29 is 0 Å². The van der Waals surface area contributed by atoms with Gasteiger partial charge >= 0.3 is 0 Å². The summed E-state index contributed by atoms with van der Waals surface area (Å²) >= 11 is 0. The van der Waals surface area contributed by atoms with Crippen molar-refractivity contribution in [1.29, 1.82) is 0 Å². The van der Waals surface area contributed by atoms with Gasteiger partial charge in [0.1, 0.15) is 5.82 Å². The molecule has 0 saturated carbocycles. The van der Waals surface area contributed by atoms with E-state index in [9.17, 15) is 0 Å². The molecule has 2 aromatic rings. The molecule has 0 spiro atoms. The average Bonchev–Trinajstić information content (AvgIpc) is 2.41. The molecule has 0 saturated heterocycles. The number of rotatable bonds is 5. The number of hydrogen-bond donors (Lipinski definition) is 2. The van der Waals surface area contributed by atoms with E-state index in [1.165, 1.54) is 0 Å². The molecule has 0 aliphatic heterocycles. The third-order valence-electron chi connectivity index (χ3n) is 2.31. The van der Waals surface area contributed by atoms with Gasteiger partial charge in [0.15, 0.2) is 0 Å².